The minimum Gasteiger partial charge on any atom is -0.461 e. The van der Waals surface area contributed by atoms with Crippen molar-refractivity contribution in [1.82, 2.24) is 10.2 Å². The number of β-lactam (4-membered cyclic amide) rings is 1. The summed E-state index contributed by atoms with van der Waals surface area (Å²) in [7, 11) is 0. The highest BCUT2D eigenvalue weighted by Crippen LogP contribution is 2.41. The van der Waals surface area contributed by atoms with Gasteiger partial charge in [-0.25, -0.2) is 4.79 Å². The summed E-state index contributed by atoms with van der Waals surface area (Å²) in [5.41, 5.74) is -0.228. The highest BCUT2D eigenvalue weighted by molar-refractivity contribution is 8.00. The number of nitrogens with zero attached hydrogens (tertiary/aromatic N) is 1. The van der Waals surface area contributed by atoms with Crippen molar-refractivity contribution in [2.45, 2.75) is 44.7 Å². The Labute approximate surface area is 155 Å². The quantitative estimate of drug-likeness (QED) is 0.422. The molecule has 0 aromatic rings. The number of rotatable bonds is 4. The number of amides is 2. The van der Waals surface area contributed by atoms with Gasteiger partial charge in [-0.3, -0.25) is 19.3 Å². The van der Waals surface area contributed by atoms with Crippen LogP contribution in [0.15, 0.2) is 11.3 Å². The standard InChI is InChI=1S/C17H20N2O6S/c1-6-11(21)18-12-14(22)19-13(16(23)25-17(3,4)5)10(7-24-9(2)20)8-26-15(12)19/h1,12,15H,7-8H2,2-5H3,(H,18,21)/t12-,15-/m1/s1. The van der Waals surface area contributed by atoms with E-state index in [1.165, 1.54) is 23.6 Å². The van der Waals surface area contributed by atoms with Crippen molar-refractivity contribution in [2.24, 2.45) is 0 Å². The first-order valence-electron chi connectivity index (χ1n) is 7.85. The first-order valence-corrected chi connectivity index (χ1v) is 8.90. The number of carbonyl (C=O) groups is 4. The molecule has 9 heteroatoms. The largest absolute Gasteiger partial charge is 0.461 e. The molecule has 0 bridgehead atoms. The van der Waals surface area contributed by atoms with Gasteiger partial charge < -0.3 is 14.8 Å². The lowest BCUT2D eigenvalue weighted by molar-refractivity contribution is -0.159. The van der Waals surface area contributed by atoms with Gasteiger partial charge in [0.25, 0.3) is 11.8 Å². The molecule has 2 heterocycles. The maximum atomic E-state index is 12.6. The van der Waals surface area contributed by atoms with Crippen molar-refractivity contribution in [1.29, 1.82) is 0 Å². The zero-order valence-electron chi connectivity index (χ0n) is 15.0. The Hall–Kier alpha value is -2.47. The average molecular weight is 380 g/mol. The molecule has 140 valence electrons. The SMILES string of the molecule is C#CC(=O)N[C@@H]1C(=O)N2C(C(=O)OC(C)(C)C)=C(COC(C)=O)CS[C@H]12. The minimum atomic E-state index is -0.809. The van der Waals surface area contributed by atoms with Crippen LogP contribution in [-0.4, -0.2) is 58.0 Å². The van der Waals surface area contributed by atoms with Crippen molar-refractivity contribution in [3.63, 3.8) is 0 Å². The molecule has 8 nitrogen and oxygen atoms in total. The third kappa shape index (κ3) is 4.19. The lowest BCUT2D eigenvalue weighted by Crippen LogP contribution is -2.70. The van der Waals surface area contributed by atoms with Crippen molar-refractivity contribution >= 4 is 35.5 Å². The van der Waals surface area contributed by atoms with Gasteiger partial charge in [-0.15, -0.1) is 18.2 Å². The van der Waals surface area contributed by atoms with Crippen LogP contribution in [0.1, 0.15) is 27.7 Å². The Morgan fingerprint density at radius 2 is 2.04 bits per heavy atom. The molecule has 0 aliphatic carbocycles. The average Bonchev–Trinajstić information content (AvgIpc) is 2.54. The lowest BCUT2D eigenvalue weighted by atomic mass is 10.0. The fourth-order valence-corrected chi connectivity index (χ4v) is 3.81. The van der Waals surface area contributed by atoms with E-state index in [0.29, 0.717) is 11.3 Å². The van der Waals surface area contributed by atoms with E-state index in [1.807, 2.05) is 5.92 Å². The molecule has 2 rings (SSSR count). The normalized spacial score (nSPS) is 22.0. The summed E-state index contributed by atoms with van der Waals surface area (Å²) in [4.78, 5) is 48.9. The number of fused-ring (bicyclic) bond motifs is 1. The molecular weight excluding hydrogens is 360 g/mol. The monoisotopic (exact) mass is 380 g/mol. The summed E-state index contributed by atoms with van der Waals surface area (Å²) in [5.74, 6) is -0.0998. The highest BCUT2D eigenvalue weighted by Gasteiger charge is 2.54. The predicted molar refractivity (Wildman–Crippen MR) is 93.4 cm³/mol. The van der Waals surface area contributed by atoms with E-state index in [-0.39, 0.29) is 12.3 Å². The topological polar surface area (TPSA) is 102 Å². The first-order chi connectivity index (χ1) is 12.0. The Kier molecular flexibility index (Phi) is 5.66. The highest BCUT2D eigenvalue weighted by atomic mass is 32.2. The van der Waals surface area contributed by atoms with Crippen LogP contribution in [0.4, 0.5) is 0 Å². The van der Waals surface area contributed by atoms with Crippen LogP contribution in [0.3, 0.4) is 0 Å². The maximum absolute atomic E-state index is 12.6. The summed E-state index contributed by atoms with van der Waals surface area (Å²) in [6, 6.07) is -0.809. The van der Waals surface area contributed by atoms with Crippen LogP contribution >= 0.6 is 11.8 Å². The van der Waals surface area contributed by atoms with E-state index in [1.54, 1.807) is 20.8 Å². The summed E-state index contributed by atoms with van der Waals surface area (Å²) in [5, 5.41) is 1.97. The Morgan fingerprint density at radius 1 is 1.38 bits per heavy atom. The molecule has 0 aromatic carbocycles. The molecule has 0 saturated carbocycles. The third-order valence-corrected chi connectivity index (χ3v) is 4.85. The second kappa shape index (κ2) is 7.41. The second-order valence-corrected chi connectivity index (χ2v) is 7.84. The van der Waals surface area contributed by atoms with Crippen molar-refractivity contribution in [2.75, 3.05) is 12.4 Å². The van der Waals surface area contributed by atoms with Crippen molar-refractivity contribution < 1.29 is 28.7 Å². The molecule has 0 radical (unpaired) electrons. The van der Waals surface area contributed by atoms with Gasteiger partial charge in [0.05, 0.1) is 0 Å². The molecule has 0 aromatic heterocycles. The number of thioether (sulfide) groups is 1. The summed E-state index contributed by atoms with van der Waals surface area (Å²) in [6.07, 6.45) is 5.02. The van der Waals surface area contributed by atoms with Crippen LogP contribution in [0.5, 0.6) is 0 Å². The molecule has 2 aliphatic heterocycles. The maximum Gasteiger partial charge on any atom is 0.355 e. The Bertz CT molecular complexity index is 731. The van der Waals surface area contributed by atoms with E-state index in [4.69, 9.17) is 15.9 Å². The predicted octanol–water partition coefficient (Wildman–Crippen LogP) is 0.178. The molecule has 0 spiro atoms. The molecule has 1 N–H and O–H groups in total. The summed E-state index contributed by atoms with van der Waals surface area (Å²) in [6.45, 7) is 6.27. The van der Waals surface area contributed by atoms with Gasteiger partial charge in [0.1, 0.15) is 29.3 Å². The number of carbonyl (C=O) groups excluding carboxylic acids is 4. The number of nitrogens with one attached hydrogen (secondary N) is 1. The van der Waals surface area contributed by atoms with Gasteiger partial charge in [0, 0.05) is 18.2 Å². The number of hydrogen-bond donors (Lipinski definition) is 1. The van der Waals surface area contributed by atoms with Crippen LogP contribution in [0.2, 0.25) is 0 Å². The first kappa shape index (κ1) is 19.8. The van der Waals surface area contributed by atoms with Gasteiger partial charge in [0.15, 0.2) is 0 Å². The third-order valence-electron chi connectivity index (χ3n) is 3.51. The van der Waals surface area contributed by atoms with E-state index in [2.05, 4.69) is 5.32 Å². The van der Waals surface area contributed by atoms with E-state index >= 15 is 0 Å². The van der Waals surface area contributed by atoms with Crippen molar-refractivity contribution in [3.8, 4) is 12.3 Å². The summed E-state index contributed by atoms with van der Waals surface area (Å²) < 4.78 is 10.4. The van der Waals surface area contributed by atoms with Gasteiger partial charge in [-0.1, -0.05) is 0 Å². The van der Waals surface area contributed by atoms with E-state index < -0.39 is 40.8 Å². The van der Waals surface area contributed by atoms with Gasteiger partial charge in [0.2, 0.25) is 0 Å². The molecule has 2 aliphatic rings. The van der Waals surface area contributed by atoms with Gasteiger partial charge in [-0.05, 0) is 26.7 Å². The lowest BCUT2D eigenvalue weighted by Gasteiger charge is -2.49. The molecule has 0 unspecified atom stereocenters. The molecule has 1 fully saturated rings. The summed E-state index contributed by atoms with van der Waals surface area (Å²) >= 11 is 1.34. The number of terminal acetylenes is 1. The smallest absolute Gasteiger partial charge is 0.355 e. The van der Waals surface area contributed by atoms with Gasteiger partial charge in [-0.2, -0.15) is 0 Å². The van der Waals surface area contributed by atoms with Crippen molar-refractivity contribution in [3.05, 3.63) is 11.3 Å². The molecule has 1 saturated heterocycles. The Morgan fingerprint density at radius 3 is 2.58 bits per heavy atom. The van der Waals surface area contributed by atoms with Crippen LogP contribution < -0.4 is 5.32 Å². The number of hydrogen-bond acceptors (Lipinski definition) is 7. The van der Waals surface area contributed by atoms with Crippen LogP contribution in [-0.2, 0) is 28.7 Å². The van der Waals surface area contributed by atoms with E-state index in [0.717, 1.165) is 0 Å². The van der Waals surface area contributed by atoms with Crippen LogP contribution in [0.25, 0.3) is 0 Å². The fourth-order valence-electron chi connectivity index (χ4n) is 2.48. The second-order valence-electron chi connectivity index (χ2n) is 6.74. The minimum absolute atomic E-state index is 0.0566. The molecule has 2 amide bonds. The van der Waals surface area contributed by atoms with Gasteiger partial charge >= 0.3 is 11.9 Å². The zero-order valence-corrected chi connectivity index (χ0v) is 15.8. The van der Waals surface area contributed by atoms with Crippen LogP contribution in [0, 0.1) is 12.3 Å². The fraction of sp³-hybridized carbons (Fsp3) is 0.529. The molecule has 26 heavy (non-hydrogen) atoms. The molecule has 2 atom stereocenters. The van der Waals surface area contributed by atoms with E-state index in [9.17, 15) is 19.2 Å². The zero-order chi connectivity index (χ0) is 19.6. The Balaban J connectivity index is 2.30. The number of ether oxygens (including phenoxy) is 2. The molecular formula is C17H20N2O6S. The number of esters is 2.